The summed E-state index contributed by atoms with van der Waals surface area (Å²) in [6, 6.07) is 5.80. The van der Waals surface area contributed by atoms with Crippen LogP contribution in [0.25, 0.3) is 10.9 Å². The normalized spacial score (nSPS) is 17.0. The molecule has 1 atom stereocenters. The Morgan fingerprint density at radius 2 is 2.03 bits per heavy atom. The molecular weight excluding hydrogens is 409 g/mol. The van der Waals surface area contributed by atoms with Gasteiger partial charge in [0.05, 0.1) is 17.6 Å². The summed E-state index contributed by atoms with van der Waals surface area (Å²) in [5.74, 6) is 0.756. The van der Waals surface area contributed by atoms with Crippen LogP contribution in [-0.4, -0.2) is 50.9 Å². The molecule has 1 N–H and O–H groups in total. The second-order valence-corrected chi connectivity index (χ2v) is 8.10. The first-order chi connectivity index (χ1) is 14.7. The van der Waals surface area contributed by atoms with Gasteiger partial charge in [-0.3, -0.25) is 9.55 Å². The van der Waals surface area contributed by atoms with Crippen LogP contribution in [0.1, 0.15) is 24.2 Å². The molecule has 1 aromatic carbocycles. The van der Waals surface area contributed by atoms with Crippen LogP contribution in [0.5, 0.6) is 0 Å². The second-order valence-electron chi connectivity index (χ2n) is 8.10. The first-order valence-electron chi connectivity index (χ1n) is 10.3. The highest BCUT2D eigenvalue weighted by molar-refractivity contribution is 5.93. The van der Waals surface area contributed by atoms with Gasteiger partial charge in [-0.25, -0.2) is 9.48 Å². The lowest BCUT2D eigenvalue weighted by atomic mass is 10.1. The predicted molar refractivity (Wildman–Crippen MR) is 112 cm³/mol. The molecule has 4 rings (SSSR count). The van der Waals surface area contributed by atoms with E-state index in [1.54, 1.807) is 16.7 Å². The SMILES string of the molecule is CN(C)CCn1nc2n(c1=O)CCC(Nc1ccnc3c(C(F)(F)F)cccc13)CC2. The molecule has 0 spiro atoms. The van der Waals surface area contributed by atoms with Crippen molar-refractivity contribution in [2.75, 3.05) is 26.0 Å². The number of nitrogens with one attached hydrogen (secondary N) is 1. The van der Waals surface area contributed by atoms with Gasteiger partial charge in [0.1, 0.15) is 5.82 Å². The van der Waals surface area contributed by atoms with E-state index in [1.165, 1.54) is 16.9 Å². The lowest BCUT2D eigenvalue weighted by molar-refractivity contribution is -0.136. The molecule has 1 aliphatic rings. The fourth-order valence-electron chi connectivity index (χ4n) is 3.96. The average molecular weight is 434 g/mol. The Labute approximate surface area is 177 Å². The summed E-state index contributed by atoms with van der Waals surface area (Å²) in [6.07, 6.45) is -1.04. The number of hydrogen-bond acceptors (Lipinski definition) is 5. The van der Waals surface area contributed by atoms with E-state index >= 15 is 0 Å². The molecule has 0 saturated carbocycles. The molecule has 166 valence electrons. The molecule has 3 aromatic rings. The quantitative estimate of drug-likeness (QED) is 0.669. The van der Waals surface area contributed by atoms with Crippen LogP contribution in [-0.2, 0) is 25.7 Å². The smallest absolute Gasteiger partial charge is 0.382 e. The standard InChI is InChI=1S/C21H25F3N6O/c1-28(2)12-13-30-20(31)29-11-9-14(6-7-18(29)27-30)26-17-8-10-25-19-15(17)4-3-5-16(19)21(22,23)24/h3-5,8,10,14H,6-7,9,11-13H2,1-2H3,(H,25,26). The van der Waals surface area contributed by atoms with E-state index < -0.39 is 11.7 Å². The fourth-order valence-corrected chi connectivity index (χ4v) is 3.96. The molecule has 0 saturated heterocycles. The van der Waals surface area contributed by atoms with E-state index in [2.05, 4.69) is 15.4 Å². The molecule has 1 aliphatic heterocycles. The summed E-state index contributed by atoms with van der Waals surface area (Å²) in [5, 5.41) is 8.30. The number of fused-ring (bicyclic) bond motifs is 2. The number of alkyl halides is 3. The van der Waals surface area contributed by atoms with Crippen LogP contribution in [0.2, 0.25) is 0 Å². The van der Waals surface area contributed by atoms with Crippen molar-refractivity contribution in [2.24, 2.45) is 0 Å². The first kappa shape index (κ1) is 21.4. The molecule has 0 amide bonds. The van der Waals surface area contributed by atoms with Gasteiger partial charge in [-0.1, -0.05) is 12.1 Å². The molecule has 0 radical (unpaired) electrons. The average Bonchev–Trinajstić information content (AvgIpc) is 2.88. The van der Waals surface area contributed by atoms with Gasteiger partial charge in [0.2, 0.25) is 0 Å². The third kappa shape index (κ3) is 4.43. The van der Waals surface area contributed by atoms with Crippen LogP contribution < -0.4 is 11.0 Å². The molecule has 3 heterocycles. The number of benzene rings is 1. The lowest BCUT2D eigenvalue weighted by Crippen LogP contribution is -2.30. The minimum Gasteiger partial charge on any atom is -0.382 e. The maximum atomic E-state index is 13.3. The van der Waals surface area contributed by atoms with E-state index in [0.717, 1.165) is 24.9 Å². The highest BCUT2D eigenvalue weighted by atomic mass is 19.4. The summed E-state index contributed by atoms with van der Waals surface area (Å²) in [6.45, 7) is 1.79. The Balaban J connectivity index is 1.53. The van der Waals surface area contributed by atoms with Gasteiger partial charge < -0.3 is 10.2 Å². The zero-order valence-corrected chi connectivity index (χ0v) is 17.5. The molecule has 31 heavy (non-hydrogen) atoms. The number of anilines is 1. The Morgan fingerprint density at radius 1 is 1.23 bits per heavy atom. The van der Waals surface area contributed by atoms with Gasteiger partial charge in [-0.05, 0) is 39.1 Å². The molecule has 10 heteroatoms. The summed E-state index contributed by atoms with van der Waals surface area (Å²) >= 11 is 0. The number of aromatic nitrogens is 4. The minimum absolute atomic E-state index is 0.0106. The first-order valence-corrected chi connectivity index (χ1v) is 10.3. The maximum Gasteiger partial charge on any atom is 0.418 e. The Morgan fingerprint density at radius 3 is 2.77 bits per heavy atom. The molecule has 2 aromatic heterocycles. The highest BCUT2D eigenvalue weighted by Gasteiger charge is 2.33. The molecular formula is C21H25F3N6O. The molecule has 0 aliphatic carbocycles. The monoisotopic (exact) mass is 434 g/mol. The number of aryl methyl sites for hydroxylation is 1. The van der Waals surface area contributed by atoms with Crippen LogP contribution >= 0.6 is 0 Å². The van der Waals surface area contributed by atoms with Gasteiger partial charge >= 0.3 is 11.9 Å². The van der Waals surface area contributed by atoms with Crippen molar-refractivity contribution in [2.45, 2.75) is 44.6 Å². The topological polar surface area (TPSA) is 68.0 Å². The Kier molecular flexibility index (Phi) is 5.74. The van der Waals surface area contributed by atoms with E-state index in [0.29, 0.717) is 37.0 Å². The maximum absolute atomic E-state index is 13.3. The third-order valence-corrected chi connectivity index (χ3v) is 5.61. The van der Waals surface area contributed by atoms with Gasteiger partial charge in [0.25, 0.3) is 0 Å². The van der Waals surface area contributed by atoms with Crippen LogP contribution in [0.15, 0.2) is 35.3 Å². The van der Waals surface area contributed by atoms with Crippen molar-refractivity contribution in [3.8, 4) is 0 Å². The number of likely N-dealkylation sites (N-methyl/N-ethyl adjacent to an activating group) is 1. The molecule has 1 unspecified atom stereocenters. The van der Waals surface area contributed by atoms with Crippen molar-refractivity contribution < 1.29 is 13.2 Å². The second kappa shape index (κ2) is 8.33. The zero-order chi connectivity index (χ0) is 22.2. The van der Waals surface area contributed by atoms with E-state index in [-0.39, 0.29) is 17.2 Å². The summed E-state index contributed by atoms with van der Waals surface area (Å²) in [4.78, 5) is 18.6. The van der Waals surface area contributed by atoms with E-state index in [1.807, 2.05) is 19.0 Å². The number of rotatable bonds is 5. The van der Waals surface area contributed by atoms with E-state index in [4.69, 9.17) is 0 Å². The number of nitrogens with zero attached hydrogens (tertiary/aromatic N) is 5. The van der Waals surface area contributed by atoms with Crippen molar-refractivity contribution in [1.82, 2.24) is 24.2 Å². The van der Waals surface area contributed by atoms with Crippen molar-refractivity contribution >= 4 is 16.6 Å². The summed E-state index contributed by atoms with van der Waals surface area (Å²) in [7, 11) is 3.89. The van der Waals surface area contributed by atoms with Crippen molar-refractivity contribution in [3.05, 3.63) is 52.3 Å². The van der Waals surface area contributed by atoms with E-state index in [9.17, 15) is 18.0 Å². The summed E-state index contributed by atoms with van der Waals surface area (Å²) in [5.41, 5.74) is -0.302. The van der Waals surface area contributed by atoms with Crippen LogP contribution in [0.4, 0.5) is 18.9 Å². The number of pyridine rings is 1. The van der Waals surface area contributed by atoms with Crippen LogP contribution in [0.3, 0.4) is 0 Å². The van der Waals surface area contributed by atoms with Gasteiger partial charge in [0, 0.05) is 42.8 Å². The highest BCUT2D eigenvalue weighted by Crippen LogP contribution is 2.36. The summed E-state index contributed by atoms with van der Waals surface area (Å²) < 4.78 is 43.3. The fraction of sp³-hybridized carbons (Fsp3) is 0.476. The largest absolute Gasteiger partial charge is 0.418 e. The minimum atomic E-state index is -4.46. The molecule has 0 fully saturated rings. The number of halogens is 3. The lowest BCUT2D eigenvalue weighted by Gasteiger charge is -2.19. The number of para-hydroxylation sites is 1. The van der Waals surface area contributed by atoms with Crippen molar-refractivity contribution in [1.29, 1.82) is 0 Å². The predicted octanol–water partition coefficient (Wildman–Crippen LogP) is 2.99. The van der Waals surface area contributed by atoms with Crippen molar-refractivity contribution in [3.63, 3.8) is 0 Å². The zero-order valence-electron chi connectivity index (χ0n) is 17.5. The van der Waals surface area contributed by atoms with Gasteiger partial charge in [-0.2, -0.15) is 18.3 Å². The Bertz CT molecular complexity index is 1130. The number of hydrogen-bond donors (Lipinski definition) is 1. The van der Waals surface area contributed by atoms with Gasteiger partial charge in [0.15, 0.2) is 0 Å². The third-order valence-electron chi connectivity index (χ3n) is 5.61. The van der Waals surface area contributed by atoms with Gasteiger partial charge in [-0.15, -0.1) is 0 Å². The molecule has 7 nitrogen and oxygen atoms in total. The molecule has 0 bridgehead atoms. The Hall–Kier alpha value is -2.88. The van der Waals surface area contributed by atoms with Crippen LogP contribution in [0, 0.1) is 0 Å².